The summed E-state index contributed by atoms with van der Waals surface area (Å²) in [7, 11) is 0. The van der Waals surface area contributed by atoms with Crippen molar-refractivity contribution in [3.05, 3.63) is 71.9 Å². The topological polar surface area (TPSA) is 148 Å². The van der Waals surface area contributed by atoms with Crippen LogP contribution in [0.4, 0.5) is 0 Å². The summed E-state index contributed by atoms with van der Waals surface area (Å²) in [6, 6.07) is 9.22. The van der Waals surface area contributed by atoms with Crippen LogP contribution < -0.4 is 0 Å². The second-order valence-electron chi connectivity index (χ2n) is 7.41. The first-order chi connectivity index (χ1) is 13.3. The van der Waals surface area contributed by atoms with Crippen LogP contribution >= 0.6 is 0 Å². The zero-order valence-corrected chi connectivity index (χ0v) is 17.2. The predicted octanol–water partition coefficient (Wildman–Crippen LogP) is 3.41. The number of allylic oxidation sites excluding steroid dienone is 1. The van der Waals surface area contributed by atoms with Gasteiger partial charge in [-0.05, 0) is 5.56 Å². The summed E-state index contributed by atoms with van der Waals surface area (Å²) in [6.45, 7) is 6.75. The maximum absolute atomic E-state index is 10.5. The third-order valence-corrected chi connectivity index (χ3v) is 3.53. The lowest BCUT2D eigenvalue weighted by Gasteiger charge is -2.17. The number of nitro groups is 3. The van der Waals surface area contributed by atoms with E-state index in [1.165, 1.54) is 34.6 Å². The Morgan fingerprint density at radius 2 is 1.31 bits per heavy atom. The molecule has 0 heterocycles. The average molecular weight is 413 g/mol. The molecule has 1 aromatic carbocycles. The number of hydrogen-bond acceptors (Lipinski definition) is 8. The Morgan fingerprint density at radius 3 is 1.66 bits per heavy atom. The fraction of sp³-hybridized carbons (Fsp3) is 0.556. The van der Waals surface area contributed by atoms with Crippen LogP contribution in [0.5, 0.6) is 0 Å². The third-order valence-electron chi connectivity index (χ3n) is 3.53. The average Bonchev–Trinajstić information content (AvgIpc) is 2.62. The third kappa shape index (κ3) is 10.9. The lowest BCUT2D eigenvalue weighted by atomic mass is 10.1. The maximum atomic E-state index is 10.5. The van der Waals surface area contributed by atoms with Crippen molar-refractivity contribution < 1.29 is 24.2 Å². The molecule has 1 aromatic rings. The van der Waals surface area contributed by atoms with Gasteiger partial charge in [0, 0.05) is 50.5 Å². The van der Waals surface area contributed by atoms with Crippen LogP contribution in [-0.4, -0.2) is 45.9 Å². The number of nitrogens with zero attached hydrogens (tertiary/aromatic N) is 3. The molecule has 11 nitrogen and oxygen atoms in total. The van der Waals surface area contributed by atoms with Gasteiger partial charge in [-0.15, -0.1) is 0 Å². The quantitative estimate of drug-likeness (QED) is 0.245. The van der Waals surface area contributed by atoms with Crippen molar-refractivity contribution in [1.82, 2.24) is 0 Å². The van der Waals surface area contributed by atoms with Crippen molar-refractivity contribution in [2.45, 2.75) is 45.7 Å². The standard InChI is InChI=1S/C9H18N2O6.C9H9NO2/c1-8(2,10(12)13)5-16-7-17-6-9(3,4)11(14)15;1-8(10(11)12)7-9-5-3-2-4-6-9/h5-7H2,1-4H3;2-7H,1H3/b;8-7+. The van der Waals surface area contributed by atoms with Gasteiger partial charge < -0.3 is 9.47 Å². The summed E-state index contributed by atoms with van der Waals surface area (Å²) in [5, 5.41) is 31.3. The van der Waals surface area contributed by atoms with E-state index in [1.54, 1.807) is 6.08 Å². The molecule has 0 atom stereocenters. The summed E-state index contributed by atoms with van der Waals surface area (Å²) in [5.74, 6) is 0. The van der Waals surface area contributed by atoms with E-state index in [1.807, 2.05) is 30.3 Å². The van der Waals surface area contributed by atoms with Crippen LogP contribution in [0.2, 0.25) is 0 Å². The van der Waals surface area contributed by atoms with E-state index in [0.29, 0.717) is 0 Å². The highest BCUT2D eigenvalue weighted by Crippen LogP contribution is 2.10. The van der Waals surface area contributed by atoms with Gasteiger partial charge in [0.1, 0.15) is 20.0 Å². The van der Waals surface area contributed by atoms with Crippen LogP contribution in [0.25, 0.3) is 6.08 Å². The normalized spacial score (nSPS) is 12.0. The minimum Gasteiger partial charge on any atom is -0.348 e. The first-order valence-corrected chi connectivity index (χ1v) is 8.62. The van der Waals surface area contributed by atoms with Crippen molar-refractivity contribution in [3.63, 3.8) is 0 Å². The van der Waals surface area contributed by atoms with Gasteiger partial charge in [-0.2, -0.15) is 0 Å². The Morgan fingerprint density at radius 1 is 0.897 bits per heavy atom. The van der Waals surface area contributed by atoms with E-state index in [9.17, 15) is 30.3 Å². The molecular formula is C18H27N3O8. The van der Waals surface area contributed by atoms with Gasteiger partial charge in [0.15, 0.2) is 0 Å². The Kier molecular flexibility index (Phi) is 10.6. The zero-order valence-electron chi connectivity index (χ0n) is 17.2. The molecule has 162 valence electrons. The monoisotopic (exact) mass is 413 g/mol. The molecule has 0 saturated carbocycles. The highest BCUT2D eigenvalue weighted by atomic mass is 16.7. The van der Waals surface area contributed by atoms with Gasteiger partial charge in [0.25, 0.3) is 0 Å². The molecule has 0 N–H and O–H groups in total. The number of ether oxygens (including phenoxy) is 2. The van der Waals surface area contributed by atoms with E-state index >= 15 is 0 Å². The number of benzene rings is 1. The SMILES string of the molecule is C/C(=C\c1ccccc1)[N+](=O)[O-].CC(C)(COCOCC(C)(C)[N+](=O)[O-])[N+](=O)[O-]. The number of hydrogen-bond donors (Lipinski definition) is 0. The molecular weight excluding hydrogens is 386 g/mol. The van der Waals surface area contributed by atoms with Gasteiger partial charge in [-0.25, -0.2) is 0 Å². The van der Waals surface area contributed by atoms with Gasteiger partial charge in [0.2, 0.25) is 16.8 Å². The van der Waals surface area contributed by atoms with Gasteiger partial charge in [-0.3, -0.25) is 30.3 Å². The van der Waals surface area contributed by atoms with Crippen LogP contribution in [0.1, 0.15) is 40.2 Å². The van der Waals surface area contributed by atoms with Crippen molar-refractivity contribution in [3.8, 4) is 0 Å². The van der Waals surface area contributed by atoms with Crippen LogP contribution in [-0.2, 0) is 9.47 Å². The van der Waals surface area contributed by atoms with Crippen molar-refractivity contribution in [2.75, 3.05) is 20.0 Å². The van der Waals surface area contributed by atoms with E-state index in [0.717, 1.165) is 5.56 Å². The molecule has 0 aromatic heterocycles. The first kappa shape index (κ1) is 26.1. The van der Waals surface area contributed by atoms with E-state index in [-0.39, 0.29) is 25.7 Å². The minimum atomic E-state index is -1.19. The van der Waals surface area contributed by atoms with E-state index in [4.69, 9.17) is 9.47 Å². The molecule has 0 bridgehead atoms. The molecule has 0 unspecified atom stereocenters. The Labute approximate surface area is 168 Å². The predicted molar refractivity (Wildman–Crippen MR) is 106 cm³/mol. The lowest BCUT2D eigenvalue weighted by molar-refractivity contribution is -0.569. The molecule has 0 aliphatic rings. The van der Waals surface area contributed by atoms with Crippen molar-refractivity contribution in [1.29, 1.82) is 0 Å². The highest BCUT2D eigenvalue weighted by molar-refractivity contribution is 5.50. The van der Waals surface area contributed by atoms with E-state index in [2.05, 4.69) is 0 Å². The largest absolute Gasteiger partial charge is 0.348 e. The highest BCUT2D eigenvalue weighted by Gasteiger charge is 2.32. The summed E-state index contributed by atoms with van der Waals surface area (Å²) < 4.78 is 9.90. The number of rotatable bonds is 10. The summed E-state index contributed by atoms with van der Waals surface area (Å²) in [4.78, 5) is 30.0. The summed E-state index contributed by atoms with van der Waals surface area (Å²) in [6.07, 6.45) is 1.54. The van der Waals surface area contributed by atoms with Crippen LogP contribution in [0.3, 0.4) is 0 Å². The fourth-order valence-electron chi connectivity index (χ4n) is 1.59. The molecule has 11 heteroatoms. The lowest BCUT2D eigenvalue weighted by Crippen LogP contribution is -2.38. The Hall–Kier alpha value is -2.92. The minimum absolute atomic E-state index is 0.112. The maximum Gasteiger partial charge on any atom is 0.243 e. The molecule has 0 fully saturated rings. The molecule has 1 rings (SSSR count). The molecule has 0 saturated heterocycles. The fourth-order valence-corrected chi connectivity index (χ4v) is 1.59. The van der Waals surface area contributed by atoms with Gasteiger partial charge in [-0.1, -0.05) is 30.3 Å². The second-order valence-corrected chi connectivity index (χ2v) is 7.41. The Balaban J connectivity index is 0.000000571. The van der Waals surface area contributed by atoms with Crippen molar-refractivity contribution >= 4 is 6.08 Å². The molecule has 0 amide bonds. The van der Waals surface area contributed by atoms with Crippen LogP contribution in [0.15, 0.2) is 36.0 Å². The zero-order chi connectivity index (χ0) is 22.7. The van der Waals surface area contributed by atoms with E-state index < -0.39 is 25.8 Å². The smallest absolute Gasteiger partial charge is 0.243 e. The second kappa shape index (κ2) is 11.8. The van der Waals surface area contributed by atoms with Crippen LogP contribution in [0, 0.1) is 30.3 Å². The molecule has 0 radical (unpaired) electrons. The molecule has 0 aliphatic carbocycles. The summed E-state index contributed by atoms with van der Waals surface area (Å²) in [5.41, 5.74) is -1.38. The van der Waals surface area contributed by atoms with Gasteiger partial charge in [0.05, 0.1) is 4.92 Å². The summed E-state index contributed by atoms with van der Waals surface area (Å²) >= 11 is 0. The molecule has 0 aliphatic heterocycles. The van der Waals surface area contributed by atoms with Gasteiger partial charge >= 0.3 is 0 Å². The first-order valence-electron chi connectivity index (χ1n) is 8.62. The molecule has 29 heavy (non-hydrogen) atoms. The van der Waals surface area contributed by atoms with Crippen molar-refractivity contribution in [2.24, 2.45) is 0 Å². The Bertz CT molecular complexity index is 689. The molecule has 0 spiro atoms.